The predicted molar refractivity (Wildman–Crippen MR) is 114 cm³/mol. The van der Waals surface area contributed by atoms with Crippen LogP contribution < -0.4 is 10.1 Å². The normalized spacial score (nSPS) is 17.3. The van der Waals surface area contributed by atoms with Crippen molar-refractivity contribution in [2.75, 3.05) is 20.2 Å². The van der Waals surface area contributed by atoms with E-state index in [0.717, 1.165) is 42.9 Å². The van der Waals surface area contributed by atoms with E-state index in [1.54, 1.807) is 13.3 Å². The maximum absolute atomic E-state index is 13.0. The highest BCUT2D eigenvalue weighted by Crippen LogP contribution is 2.32. The summed E-state index contributed by atoms with van der Waals surface area (Å²) >= 11 is 0. The summed E-state index contributed by atoms with van der Waals surface area (Å²) in [6.45, 7) is 8.88. The molecule has 1 atom stereocenters. The number of methoxy groups -OCH3 is 1. The van der Waals surface area contributed by atoms with Crippen LogP contribution in [0.5, 0.6) is 5.75 Å². The molecule has 1 N–H and O–H groups in total. The molecule has 1 saturated heterocycles. The molecule has 1 aliphatic heterocycles. The Kier molecular flexibility index (Phi) is 7.20. The molecule has 2 heterocycles. The van der Waals surface area contributed by atoms with Crippen LogP contribution in [0.4, 0.5) is 0 Å². The number of rotatable bonds is 7. The van der Waals surface area contributed by atoms with Crippen LogP contribution in [-0.2, 0) is 6.54 Å². The lowest BCUT2D eigenvalue weighted by molar-refractivity contribution is 0.0937. The number of aryl methyl sites for hydroxylation is 1. The number of ether oxygens (including phenoxy) is 1. The van der Waals surface area contributed by atoms with Gasteiger partial charge in [0.2, 0.25) is 0 Å². The molecule has 156 valence electrons. The Hall–Kier alpha value is -2.47. The van der Waals surface area contributed by atoms with Crippen LogP contribution in [0.25, 0.3) is 0 Å². The van der Waals surface area contributed by atoms with Crippen molar-refractivity contribution in [2.45, 2.75) is 52.6 Å². The maximum atomic E-state index is 13.0. The van der Waals surface area contributed by atoms with Crippen LogP contribution in [0.2, 0.25) is 0 Å². The van der Waals surface area contributed by atoms with Crippen molar-refractivity contribution in [3.8, 4) is 5.75 Å². The van der Waals surface area contributed by atoms with E-state index in [1.807, 2.05) is 31.2 Å². The molecule has 1 aromatic heterocycles. The second kappa shape index (κ2) is 9.83. The van der Waals surface area contributed by atoms with Gasteiger partial charge >= 0.3 is 0 Å². The quantitative estimate of drug-likeness (QED) is 0.769. The number of amides is 1. The summed E-state index contributed by atoms with van der Waals surface area (Å²) in [5.74, 6) is 1.97. The van der Waals surface area contributed by atoms with E-state index in [9.17, 15) is 4.79 Å². The highest BCUT2D eigenvalue weighted by molar-refractivity contribution is 5.95. The van der Waals surface area contributed by atoms with Gasteiger partial charge < -0.3 is 10.1 Å². The van der Waals surface area contributed by atoms with Gasteiger partial charge in [0, 0.05) is 19.3 Å². The molecule has 0 bridgehead atoms. The fraction of sp³-hybridized carbons (Fsp3) is 0.522. The number of aromatic nitrogens is 2. The predicted octanol–water partition coefficient (Wildman–Crippen LogP) is 3.91. The maximum Gasteiger partial charge on any atom is 0.255 e. The zero-order valence-corrected chi connectivity index (χ0v) is 17.9. The second-order valence-electron chi connectivity index (χ2n) is 8.15. The number of nitrogens with zero attached hydrogens (tertiary/aromatic N) is 3. The van der Waals surface area contributed by atoms with Crippen LogP contribution in [0.1, 0.15) is 66.6 Å². The first-order valence-electron chi connectivity index (χ1n) is 10.5. The van der Waals surface area contributed by atoms with E-state index in [2.05, 4.69) is 29.0 Å². The topological polar surface area (TPSA) is 67.3 Å². The summed E-state index contributed by atoms with van der Waals surface area (Å²) in [4.78, 5) is 24.5. The number of nitrogens with one attached hydrogen (secondary N) is 1. The van der Waals surface area contributed by atoms with Gasteiger partial charge in [-0.3, -0.25) is 9.69 Å². The first kappa shape index (κ1) is 21.2. The first-order valence-corrected chi connectivity index (χ1v) is 10.5. The minimum atomic E-state index is -0.120. The summed E-state index contributed by atoms with van der Waals surface area (Å²) in [6.07, 6.45) is 5.08. The van der Waals surface area contributed by atoms with Crippen LogP contribution >= 0.6 is 0 Å². The smallest absolute Gasteiger partial charge is 0.255 e. The van der Waals surface area contributed by atoms with Gasteiger partial charge in [0.1, 0.15) is 11.6 Å². The Morgan fingerprint density at radius 1 is 1.28 bits per heavy atom. The minimum absolute atomic E-state index is 0.120. The standard InChI is InChI=1S/C23H32N4O2/c1-16(2)15-27-12-6-5-7-21(27)22-20(14-24-17(3)26-22)23(28)25-13-18-8-10-19(29-4)11-9-18/h8-11,14,16,21H,5-7,12-13,15H2,1-4H3,(H,25,28)/t21-/m1/s1. The molecule has 1 amide bonds. The highest BCUT2D eigenvalue weighted by Gasteiger charge is 2.29. The number of hydrogen-bond acceptors (Lipinski definition) is 5. The molecule has 0 unspecified atom stereocenters. The molecule has 0 aliphatic carbocycles. The van der Waals surface area contributed by atoms with Gasteiger partial charge in [-0.25, -0.2) is 9.97 Å². The molecular weight excluding hydrogens is 364 g/mol. The van der Waals surface area contributed by atoms with Crippen molar-refractivity contribution in [2.24, 2.45) is 5.92 Å². The Balaban J connectivity index is 1.78. The Morgan fingerprint density at radius 3 is 2.72 bits per heavy atom. The minimum Gasteiger partial charge on any atom is -0.497 e. The number of hydrogen-bond donors (Lipinski definition) is 1. The number of carbonyl (C=O) groups excluding carboxylic acids is 1. The first-order chi connectivity index (χ1) is 14.0. The SMILES string of the molecule is COc1ccc(CNC(=O)c2cnc(C)nc2[C@H]2CCCCN2CC(C)C)cc1. The largest absolute Gasteiger partial charge is 0.497 e. The number of benzene rings is 1. The van der Waals surface area contributed by atoms with E-state index in [0.29, 0.717) is 23.9 Å². The van der Waals surface area contributed by atoms with E-state index in [4.69, 9.17) is 9.72 Å². The lowest BCUT2D eigenvalue weighted by Crippen LogP contribution is -2.38. The molecule has 6 nitrogen and oxygen atoms in total. The van der Waals surface area contributed by atoms with E-state index < -0.39 is 0 Å². The third-order valence-corrected chi connectivity index (χ3v) is 5.32. The van der Waals surface area contributed by atoms with Gasteiger partial charge in [0.15, 0.2) is 0 Å². The monoisotopic (exact) mass is 396 g/mol. The number of piperidine rings is 1. The van der Waals surface area contributed by atoms with Crippen molar-refractivity contribution < 1.29 is 9.53 Å². The van der Waals surface area contributed by atoms with Gasteiger partial charge in [-0.05, 0) is 49.9 Å². The molecule has 0 radical (unpaired) electrons. The van der Waals surface area contributed by atoms with Crippen LogP contribution in [0.3, 0.4) is 0 Å². The van der Waals surface area contributed by atoms with Crippen LogP contribution in [-0.4, -0.2) is 41.0 Å². The van der Waals surface area contributed by atoms with Crippen molar-refractivity contribution in [1.82, 2.24) is 20.2 Å². The number of likely N-dealkylation sites (tertiary alicyclic amines) is 1. The summed E-state index contributed by atoms with van der Waals surface area (Å²) in [6, 6.07) is 7.88. The summed E-state index contributed by atoms with van der Waals surface area (Å²) < 4.78 is 5.19. The van der Waals surface area contributed by atoms with Gasteiger partial charge in [0.25, 0.3) is 5.91 Å². The lowest BCUT2D eigenvalue weighted by atomic mass is 9.95. The van der Waals surface area contributed by atoms with Gasteiger partial charge in [-0.1, -0.05) is 32.4 Å². The zero-order chi connectivity index (χ0) is 20.8. The average Bonchev–Trinajstić information content (AvgIpc) is 2.72. The third-order valence-electron chi connectivity index (χ3n) is 5.32. The van der Waals surface area contributed by atoms with Crippen molar-refractivity contribution in [1.29, 1.82) is 0 Å². The molecule has 2 aromatic rings. The molecule has 0 saturated carbocycles. The van der Waals surface area contributed by atoms with Crippen molar-refractivity contribution in [3.05, 3.63) is 53.1 Å². The van der Waals surface area contributed by atoms with Crippen LogP contribution in [0, 0.1) is 12.8 Å². The molecule has 1 aromatic carbocycles. The Labute approximate surface area is 173 Å². The lowest BCUT2D eigenvalue weighted by Gasteiger charge is -2.37. The molecule has 0 spiro atoms. The van der Waals surface area contributed by atoms with Crippen molar-refractivity contribution in [3.63, 3.8) is 0 Å². The highest BCUT2D eigenvalue weighted by atomic mass is 16.5. The second-order valence-corrected chi connectivity index (χ2v) is 8.15. The fourth-order valence-corrected chi connectivity index (χ4v) is 3.93. The molecular formula is C23H32N4O2. The molecule has 6 heteroatoms. The van der Waals surface area contributed by atoms with Gasteiger partial charge in [-0.15, -0.1) is 0 Å². The molecule has 1 aliphatic rings. The van der Waals surface area contributed by atoms with E-state index in [1.165, 1.54) is 6.42 Å². The fourth-order valence-electron chi connectivity index (χ4n) is 3.93. The zero-order valence-electron chi connectivity index (χ0n) is 17.9. The Bertz CT molecular complexity index is 820. The molecule has 1 fully saturated rings. The summed E-state index contributed by atoms with van der Waals surface area (Å²) in [5.41, 5.74) is 2.47. The number of carbonyl (C=O) groups is 1. The summed E-state index contributed by atoms with van der Waals surface area (Å²) in [7, 11) is 1.64. The van der Waals surface area contributed by atoms with E-state index >= 15 is 0 Å². The van der Waals surface area contributed by atoms with Gasteiger partial charge in [-0.2, -0.15) is 0 Å². The Morgan fingerprint density at radius 2 is 2.03 bits per heavy atom. The molecule has 29 heavy (non-hydrogen) atoms. The van der Waals surface area contributed by atoms with Gasteiger partial charge in [0.05, 0.1) is 24.4 Å². The van der Waals surface area contributed by atoms with Crippen LogP contribution in [0.15, 0.2) is 30.5 Å². The third kappa shape index (κ3) is 5.54. The average molecular weight is 397 g/mol. The van der Waals surface area contributed by atoms with E-state index in [-0.39, 0.29) is 11.9 Å². The van der Waals surface area contributed by atoms with Crippen molar-refractivity contribution >= 4 is 5.91 Å². The molecule has 3 rings (SSSR count). The summed E-state index contributed by atoms with van der Waals surface area (Å²) in [5, 5.41) is 3.03.